The summed E-state index contributed by atoms with van der Waals surface area (Å²) < 4.78 is 10.0. The number of esters is 1. The second-order valence-electron chi connectivity index (χ2n) is 3.26. The molecule has 0 aliphatic heterocycles. The van der Waals surface area contributed by atoms with Gasteiger partial charge in [-0.1, -0.05) is 28.1 Å². The molecule has 0 aliphatic rings. The van der Waals surface area contributed by atoms with E-state index < -0.39 is 0 Å². The minimum atomic E-state index is -0.355. The van der Waals surface area contributed by atoms with Crippen molar-refractivity contribution in [3.63, 3.8) is 0 Å². The smallest absolute Gasteiger partial charge is 0.314 e. The topological polar surface area (TPSA) is 52.3 Å². The number of oxazole rings is 1. The third kappa shape index (κ3) is 2.09. The fourth-order valence-electron chi connectivity index (χ4n) is 1.43. The lowest BCUT2D eigenvalue weighted by molar-refractivity contribution is -0.140. The number of methoxy groups -OCH3 is 1. The lowest BCUT2D eigenvalue weighted by Gasteiger charge is -1.93. The highest BCUT2D eigenvalue weighted by Gasteiger charge is 2.12. The Kier molecular flexibility index (Phi) is 3.24. The summed E-state index contributed by atoms with van der Waals surface area (Å²) in [5.74, 6) is 0.0298. The van der Waals surface area contributed by atoms with Crippen LogP contribution in [0.5, 0.6) is 0 Å². The first-order chi connectivity index (χ1) is 7.74. The van der Waals surface area contributed by atoms with E-state index in [0.29, 0.717) is 16.8 Å². The van der Waals surface area contributed by atoms with Crippen molar-refractivity contribution in [1.29, 1.82) is 0 Å². The van der Waals surface area contributed by atoms with Crippen LogP contribution >= 0.6 is 15.9 Å². The summed E-state index contributed by atoms with van der Waals surface area (Å²) in [4.78, 5) is 15.4. The van der Waals surface area contributed by atoms with Crippen LogP contribution in [0.15, 0.2) is 22.6 Å². The first-order valence-electron chi connectivity index (χ1n) is 4.74. The van der Waals surface area contributed by atoms with Crippen molar-refractivity contribution < 1.29 is 13.9 Å². The highest BCUT2D eigenvalue weighted by molar-refractivity contribution is 9.08. The van der Waals surface area contributed by atoms with Crippen LogP contribution < -0.4 is 0 Å². The van der Waals surface area contributed by atoms with Gasteiger partial charge in [-0.3, -0.25) is 4.79 Å². The standard InChI is InChI=1S/C11H10BrNO3/c1-15-10(14)5-9-13-11-7(6-12)3-2-4-8(11)16-9/h2-4H,5-6H2,1H3. The number of para-hydroxylation sites is 1. The number of fused-ring (bicyclic) bond motifs is 1. The maximum absolute atomic E-state index is 11.1. The van der Waals surface area contributed by atoms with Gasteiger partial charge >= 0.3 is 5.97 Å². The highest BCUT2D eigenvalue weighted by Crippen LogP contribution is 2.21. The van der Waals surface area contributed by atoms with Crippen molar-refractivity contribution in [1.82, 2.24) is 4.98 Å². The third-order valence-corrected chi connectivity index (χ3v) is 2.82. The van der Waals surface area contributed by atoms with E-state index in [0.717, 1.165) is 11.1 Å². The summed E-state index contributed by atoms with van der Waals surface area (Å²) in [5.41, 5.74) is 2.52. The second kappa shape index (κ2) is 4.65. The molecule has 1 heterocycles. The van der Waals surface area contributed by atoms with E-state index >= 15 is 0 Å². The number of carbonyl (C=O) groups excluding carboxylic acids is 1. The molecule has 0 saturated heterocycles. The molecule has 0 aliphatic carbocycles. The molecule has 0 spiro atoms. The summed E-state index contributed by atoms with van der Waals surface area (Å²) >= 11 is 3.38. The van der Waals surface area contributed by atoms with E-state index in [4.69, 9.17) is 4.42 Å². The van der Waals surface area contributed by atoms with E-state index in [1.165, 1.54) is 7.11 Å². The van der Waals surface area contributed by atoms with Crippen LogP contribution in [0.4, 0.5) is 0 Å². The van der Waals surface area contributed by atoms with Crippen LogP contribution in [0.1, 0.15) is 11.5 Å². The summed E-state index contributed by atoms with van der Waals surface area (Å²) in [6, 6.07) is 5.68. The Hall–Kier alpha value is -1.36. The molecule has 0 radical (unpaired) electrons. The molecule has 1 aromatic heterocycles. The average molecular weight is 284 g/mol. The predicted octanol–water partition coefficient (Wildman–Crippen LogP) is 2.44. The molecule has 5 heteroatoms. The van der Waals surface area contributed by atoms with Gasteiger partial charge in [-0.05, 0) is 11.6 Å². The fraction of sp³-hybridized carbons (Fsp3) is 0.273. The molecule has 0 unspecified atom stereocenters. The molecule has 4 nitrogen and oxygen atoms in total. The molecule has 0 atom stereocenters. The Morgan fingerprint density at radius 3 is 3.06 bits per heavy atom. The van der Waals surface area contributed by atoms with Crippen LogP contribution in [0.3, 0.4) is 0 Å². The van der Waals surface area contributed by atoms with E-state index in [1.54, 1.807) is 0 Å². The molecule has 0 bridgehead atoms. The zero-order valence-electron chi connectivity index (χ0n) is 8.70. The number of alkyl halides is 1. The monoisotopic (exact) mass is 283 g/mol. The lowest BCUT2D eigenvalue weighted by Crippen LogP contribution is -2.04. The van der Waals surface area contributed by atoms with Crippen LogP contribution in [-0.4, -0.2) is 18.1 Å². The molecular weight excluding hydrogens is 274 g/mol. The Morgan fingerprint density at radius 2 is 2.38 bits per heavy atom. The normalized spacial score (nSPS) is 10.6. The number of carbonyl (C=O) groups is 1. The summed E-state index contributed by atoms with van der Waals surface area (Å²) in [7, 11) is 1.34. The third-order valence-electron chi connectivity index (χ3n) is 2.21. The van der Waals surface area contributed by atoms with Crippen molar-refractivity contribution in [3.05, 3.63) is 29.7 Å². The van der Waals surface area contributed by atoms with Crippen molar-refractivity contribution in [2.45, 2.75) is 11.8 Å². The van der Waals surface area contributed by atoms with Gasteiger partial charge in [0.2, 0.25) is 5.89 Å². The van der Waals surface area contributed by atoms with Gasteiger partial charge in [0.25, 0.3) is 0 Å². The number of rotatable bonds is 3. The Morgan fingerprint density at radius 1 is 1.56 bits per heavy atom. The molecule has 0 fully saturated rings. The number of halogens is 1. The van der Waals surface area contributed by atoms with E-state index in [-0.39, 0.29) is 12.4 Å². The zero-order valence-corrected chi connectivity index (χ0v) is 10.3. The van der Waals surface area contributed by atoms with E-state index in [9.17, 15) is 4.79 Å². The molecule has 2 rings (SSSR count). The predicted molar refractivity (Wildman–Crippen MR) is 62.4 cm³/mol. The minimum absolute atomic E-state index is 0.0624. The van der Waals surface area contributed by atoms with Gasteiger partial charge in [0.15, 0.2) is 5.58 Å². The summed E-state index contributed by atoms with van der Waals surface area (Å²) in [6.45, 7) is 0. The van der Waals surface area contributed by atoms with Gasteiger partial charge in [-0.25, -0.2) is 4.98 Å². The van der Waals surface area contributed by atoms with Crippen LogP contribution in [0.25, 0.3) is 11.1 Å². The zero-order chi connectivity index (χ0) is 11.5. The maximum atomic E-state index is 11.1. The lowest BCUT2D eigenvalue weighted by atomic mass is 10.2. The molecule has 16 heavy (non-hydrogen) atoms. The second-order valence-corrected chi connectivity index (χ2v) is 3.82. The molecule has 0 N–H and O–H groups in total. The molecule has 2 aromatic rings. The van der Waals surface area contributed by atoms with Crippen LogP contribution in [-0.2, 0) is 21.3 Å². The minimum Gasteiger partial charge on any atom is -0.469 e. The molecule has 0 saturated carbocycles. The number of nitrogens with zero attached hydrogens (tertiary/aromatic N) is 1. The first-order valence-corrected chi connectivity index (χ1v) is 5.87. The Bertz CT molecular complexity index is 521. The van der Waals surface area contributed by atoms with Crippen molar-refractivity contribution >= 4 is 33.0 Å². The van der Waals surface area contributed by atoms with Gasteiger partial charge in [0, 0.05) is 5.33 Å². The van der Waals surface area contributed by atoms with E-state index in [1.807, 2.05) is 18.2 Å². The average Bonchev–Trinajstić information content (AvgIpc) is 2.70. The first kappa shape index (κ1) is 11.1. The van der Waals surface area contributed by atoms with Gasteiger partial charge in [0.05, 0.1) is 7.11 Å². The van der Waals surface area contributed by atoms with Crippen molar-refractivity contribution in [2.75, 3.05) is 7.11 Å². The highest BCUT2D eigenvalue weighted by atomic mass is 79.9. The summed E-state index contributed by atoms with van der Waals surface area (Å²) in [5, 5.41) is 0.703. The number of ether oxygens (including phenoxy) is 1. The van der Waals surface area contributed by atoms with Crippen LogP contribution in [0.2, 0.25) is 0 Å². The van der Waals surface area contributed by atoms with Gasteiger partial charge in [0.1, 0.15) is 11.9 Å². The van der Waals surface area contributed by atoms with E-state index in [2.05, 4.69) is 25.7 Å². The van der Waals surface area contributed by atoms with Gasteiger partial charge in [-0.2, -0.15) is 0 Å². The number of aromatic nitrogens is 1. The molecule has 1 aromatic carbocycles. The SMILES string of the molecule is COC(=O)Cc1nc2c(CBr)cccc2o1. The largest absolute Gasteiger partial charge is 0.469 e. The Labute approximate surface area is 101 Å². The Balaban J connectivity index is 2.39. The van der Waals surface area contributed by atoms with Crippen molar-refractivity contribution in [3.8, 4) is 0 Å². The molecule has 0 amide bonds. The molecule has 84 valence electrons. The number of hydrogen-bond donors (Lipinski definition) is 0. The fourth-order valence-corrected chi connectivity index (χ4v) is 1.88. The van der Waals surface area contributed by atoms with Gasteiger partial charge in [-0.15, -0.1) is 0 Å². The summed E-state index contributed by atoms with van der Waals surface area (Å²) in [6.07, 6.45) is 0.0624. The number of benzene rings is 1. The van der Waals surface area contributed by atoms with Crippen LogP contribution in [0, 0.1) is 0 Å². The van der Waals surface area contributed by atoms with Gasteiger partial charge < -0.3 is 9.15 Å². The quantitative estimate of drug-likeness (QED) is 0.641. The number of hydrogen-bond acceptors (Lipinski definition) is 4. The molecular formula is C11H10BrNO3. The maximum Gasteiger partial charge on any atom is 0.314 e. The van der Waals surface area contributed by atoms with Crippen molar-refractivity contribution in [2.24, 2.45) is 0 Å².